The summed E-state index contributed by atoms with van der Waals surface area (Å²) < 4.78 is 38.6. The lowest BCUT2D eigenvalue weighted by Gasteiger charge is -2.04. The minimum absolute atomic E-state index is 0.960. The lowest BCUT2D eigenvalue weighted by Crippen LogP contribution is -1.83. The molecule has 0 saturated heterocycles. The summed E-state index contributed by atoms with van der Waals surface area (Å²) in [6, 6.07) is 0. The van der Waals surface area contributed by atoms with Gasteiger partial charge in [0.2, 0.25) is 0 Å². The van der Waals surface area contributed by atoms with Gasteiger partial charge in [-0.25, -0.2) is 9.13 Å². The van der Waals surface area contributed by atoms with Gasteiger partial charge < -0.3 is 9.05 Å². The van der Waals surface area contributed by atoms with Crippen molar-refractivity contribution in [2.45, 2.75) is 0 Å². The van der Waals surface area contributed by atoms with Gasteiger partial charge in [-0.3, -0.25) is 18.8 Å². The minimum Gasteiger partial charge on any atom is -0.412 e. The lowest BCUT2D eigenvalue weighted by molar-refractivity contribution is 0.221. The molecule has 10 heteroatoms. The van der Waals surface area contributed by atoms with Crippen LogP contribution in [-0.4, -0.2) is 24.0 Å². The Kier molecular flexibility index (Phi) is 7.86. The predicted molar refractivity (Wildman–Crippen MR) is 63.3 cm³/mol. The Morgan fingerprint density at radius 2 is 1.11 bits per heavy atom. The van der Waals surface area contributed by atoms with E-state index in [1.54, 1.807) is 0 Å². The summed E-state index contributed by atoms with van der Waals surface area (Å²) in [7, 11) is -5.95. The van der Waals surface area contributed by atoms with Gasteiger partial charge in [0.15, 0.2) is 0 Å². The molecule has 0 aliphatic heterocycles. The number of hydrogen-bond acceptors (Lipinski definition) is 6. The Hall–Kier alpha value is -0.880. The van der Waals surface area contributed by atoms with Crippen LogP contribution in [0.2, 0.25) is 0 Å². The summed E-state index contributed by atoms with van der Waals surface area (Å²) >= 11 is 0. The number of phosphoric ester groups is 2. The van der Waals surface area contributed by atoms with Crippen LogP contribution in [0.25, 0.3) is 0 Å². The number of rotatable bonds is 8. The second-order valence-electron chi connectivity index (χ2n) is 2.56. The monoisotopic (exact) mass is 300 g/mol. The molecule has 2 atom stereocenters. The van der Waals surface area contributed by atoms with E-state index in [0.717, 1.165) is 26.7 Å². The first-order valence-electron chi connectivity index (χ1n) is 4.45. The molecular weight excluding hydrogens is 286 g/mol. The molecule has 0 aromatic rings. The van der Waals surface area contributed by atoms with E-state index in [1.807, 2.05) is 0 Å². The van der Waals surface area contributed by atoms with Crippen LogP contribution >= 0.6 is 15.6 Å². The Labute approximate surface area is 104 Å². The van der Waals surface area contributed by atoms with Crippen molar-refractivity contribution in [3.8, 4) is 0 Å². The molecule has 0 radical (unpaired) electrons. The molecule has 0 bridgehead atoms. The molecule has 8 nitrogen and oxygen atoms in total. The van der Waals surface area contributed by atoms with Gasteiger partial charge in [-0.2, -0.15) is 0 Å². The number of allylic oxidation sites excluding steroid dienone is 4. The zero-order valence-electron chi connectivity index (χ0n) is 9.70. The minimum atomic E-state index is -4.01. The molecule has 2 unspecified atom stereocenters. The fourth-order valence-corrected chi connectivity index (χ4v) is 1.15. The first-order chi connectivity index (χ1) is 8.33. The third-order valence-corrected chi connectivity index (χ3v) is 3.04. The smallest absolute Gasteiger partial charge is 0.412 e. The maximum Gasteiger partial charge on any atom is 0.526 e. The second kappa shape index (κ2) is 8.26. The Balaban J connectivity index is 3.99. The van der Waals surface area contributed by atoms with Gasteiger partial charge in [-0.05, 0) is 12.2 Å². The van der Waals surface area contributed by atoms with Gasteiger partial charge in [0.25, 0.3) is 0 Å². The van der Waals surface area contributed by atoms with Crippen molar-refractivity contribution in [1.29, 1.82) is 0 Å². The van der Waals surface area contributed by atoms with E-state index in [-0.39, 0.29) is 0 Å². The molecule has 0 saturated carbocycles. The third kappa shape index (κ3) is 9.18. The van der Waals surface area contributed by atoms with E-state index >= 15 is 0 Å². The van der Waals surface area contributed by atoms with Crippen molar-refractivity contribution in [3.05, 3.63) is 36.8 Å². The average molecular weight is 300 g/mol. The summed E-state index contributed by atoms with van der Waals surface area (Å²) in [6.45, 7) is 0. The van der Waals surface area contributed by atoms with Gasteiger partial charge >= 0.3 is 15.6 Å². The van der Waals surface area contributed by atoms with E-state index in [2.05, 4.69) is 18.1 Å². The van der Waals surface area contributed by atoms with Crippen LogP contribution in [-0.2, 0) is 27.2 Å². The summed E-state index contributed by atoms with van der Waals surface area (Å²) in [4.78, 5) is 17.6. The highest BCUT2D eigenvalue weighted by Crippen LogP contribution is 2.42. The molecule has 0 aliphatic rings. The van der Waals surface area contributed by atoms with Crippen molar-refractivity contribution >= 4 is 15.6 Å². The molecule has 0 spiro atoms. The fourth-order valence-electron chi connectivity index (χ4n) is 0.529. The van der Waals surface area contributed by atoms with Crippen LogP contribution in [0.1, 0.15) is 0 Å². The topological polar surface area (TPSA) is 112 Å². The van der Waals surface area contributed by atoms with E-state index in [1.165, 1.54) is 24.3 Å². The van der Waals surface area contributed by atoms with Crippen LogP contribution in [0, 0.1) is 0 Å². The molecule has 0 aromatic heterocycles. The Morgan fingerprint density at radius 3 is 1.39 bits per heavy atom. The van der Waals surface area contributed by atoms with Gasteiger partial charge in [0.05, 0.1) is 12.5 Å². The molecule has 0 heterocycles. The summed E-state index contributed by atoms with van der Waals surface area (Å²) in [5.74, 6) is 0. The van der Waals surface area contributed by atoms with Gasteiger partial charge in [-0.1, -0.05) is 12.2 Å². The molecule has 0 fully saturated rings. The average Bonchev–Trinajstić information content (AvgIpc) is 2.32. The Morgan fingerprint density at radius 1 is 0.778 bits per heavy atom. The molecule has 18 heavy (non-hydrogen) atoms. The summed E-state index contributed by atoms with van der Waals surface area (Å²) in [5.41, 5.74) is 0. The predicted octanol–water partition coefficient (Wildman–Crippen LogP) is 2.10. The summed E-state index contributed by atoms with van der Waals surface area (Å²) in [6.07, 6.45) is 7.38. The zero-order chi connectivity index (χ0) is 14.1. The van der Waals surface area contributed by atoms with Crippen molar-refractivity contribution in [3.63, 3.8) is 0 Å². The highest BCUT2D eigenvalue weighted by atomic mass is 31.2. The van der Waals surface area contributed by atoms with Crippen LogP contribution in [0.3, 0.4) is 0 Å². The lowest BCUT2D eigenvalue weighted by atomic mass is 10.5. The number of phosphoric acid groups is 2. The molecule has 104 valence electrons. The van der Waals surface area contributed by atoms with Crippen LogP contribution in [0.5, 0.6) is 0 Å². The van der Waals surface area contributed by atoms with Crippen molar-refractivity contribution in [1.82, 2.24) is 0 Å². The molecule has 2 N–H and O–H groups in total. The zero-order valence-corrected chi connectivity index (χ0v) is 11.5. The van der Waals surface area contributed by atoms with Crippen LogP contribution < -0.4 is 0 Å². The third-order valence-electron chi connectivity index (χ3n) is 1.34. The fraction of sp³-hybridized carbons (Fsp3) is 0.250. The standard InChI is InChI=1S/C8H14O8P2/c1-13-17(9,10)15-7-5-3-4-6-8-16-18(11,12)14-2/h3-8H,1-2H3,(H,9,10)(H,11,12)/b4-3-,7-5-,8-6-. The molecular formula is C8H14O8P2. The maximum absolute atomic E-state index is 10.8. The van der Waals surface area contributed by atoms with Crippen LogP contribution in [0.4, 0.5) is 0 Å². The van der Waals surface area contributed by atoms with E-state index in [4.69, 9.17) is 9.79 Å². The van der Waals surface area contributed by atoms with E-state index < -0.39 is 15.6 Å². The molecule has 0 aromatic carbocycles. The van der Waals surface area contributed by atoms with Gasteiger partial charge in [0, 0.05) is 14.2 Å². The molecule has 0 rings (SSSR count). The summed E-state index contributed by atoms with van der Waals surface area (Å²) in [5, 5.41) is 0. The van der Waals surface area contributed by atoms with Gasteiger partial charge in [-0.15, -0.1) is 0 Å². The van der Waals surface area contributed by atoms with E-state index in [9.17, 15) is 9.13 Å². The van der Waals surface area contributed by atoms with Crippen molar-refractivity contribution in [2.24, 2.45) is 0 Å². The quantitative estimate of drug-likeness (QED) is 0.398. The highest BCUT2D eigenvalue weighted by Gasteiger charge is 2.17. The van der Waals surface area contributed by atoms with E-state index in [0.29, 0.717) is 0 Å². The van der Waals surface area contributed by atoms with Crippen molar-refractivity contribution < 1.29 is 37.0 Å². The molecule has 0 aliphatic carbocycles. The largest absolute Gasteiger partial charge is 0.526 e. The normalized spacial score (nSPS) is 19.1. The second-order valence-corrected chi connectivity index (χ2v) is 5.58. The molecule has 0 amide bonds. The maximum atomic E-state index is 10.8. The van der Waals surface area contributed by atoms with Crippen LogP contribution in [0.15, 0.2) is 36.8 Å². The Bertz CT molecular complexity index is 375. The highest BCUT2D eigenvalue weighted by molar-refractivity contribution is 7.47. The van der Waals surface area contributed by atoms with Crippen molar-refractivity contribution in [2.75, 3.05) is 14.2 Å². The first kappa shape index (κ1) is 17.1. The van der Waals surface area contributed by atoms with Gasteiger partial charge in [0.1, 0.15) is 0 Å². The first-order valence-corrected chi connectivity index (χ1v) is 7.44. The SMILES string of the molecule is COP(=O)(O)O\C=C/C=C\C=C/OP(=O)(O)OC. The number of hydrogen-bond donors (Lipinski definition) is 2.